The first-order chi connectivity index (χ1) is 9.56. The van der Waals surface area contributed by atoms with Crippen molar-refractivity contribution < 1.29 is 9.53 Å². The van der Waals surface area contributed by atoms with Gasteiger partial charge in [-0.05, 0) is 24.6 Å². The number of anilines is 1. The number of aromatic nitrogens is 2. The summed E-state index contributed by atoms with van der Waals surface area (Å²) in [6, 6.07) is 9.31. The fourth-order valence-corrected chi connectivity index (χ4v) is 1.76. The van der Waals surface area contributed by atoms with Crippen LogP contribution in [0.25, 0.3) is 0 Å². The molecule has 1 amide bonds. The Labute approximate surface area is 117 Å². The van der Waals surface area contributed by atoms with E-state index < -0.39 is 0 Å². The molecule has 6 nitrogen and oxygen atoms in total. The molecule has 1 heterocycles. The van der Waals surface area contributed by atoms with E-state index in [2.05, 4.69) is 10.2 Å². The molecule has 2 aromatic rings. The molecular weight excluding hydrogens is 256 g/mol. The van der Waals surface area contributed by atoms with E-state index in [1.54, 1.807) is 11.9 Å². The third kappa shape index (κ3) is 3.50. The lowest BCUT2D eigenvalue weighted by Crippen LogP contribution is -2.31. The SMILES string of the molecule is Cc1cccc(OCCN(C)C(=O)c2cc(N)n[nH]2)c1. The van der Waals surface area contributed by atoms with Gasteiger partial charge in [0.25, 0.3) is 5.91 Å². The molecule has 3 N–H and O–H groups in total. The molecule has 0 aliphatic carbocycles. The minimum atomic E-state index is -0.165. The third-order valence-corrected chi connectivity index (χ3v) is 2.86. The van der Waals surface area contributed by atoms with Crippen molar-refractivity contribution in [1.82, 2.24) is 15.1 Å². The van der Waals surface area contributed by atoms with Crippen molar-refractivity contribution >= 4 is 11.7 Å². The molecule has 0 fully saturated rings. The molecular formula is C14H18N4O2. The summed E-state index contributed by atoms with van der Waals surface area (Å²) in [5.74, 6) is 0.941. The lowest BCUT2D eigenvalue weighted by atomic mass is 10.2. The van der Waals surface area contributed by atoms with Gasteiger partial charge in [-0.2, -0.15) is 5.10 Å². The summed E-state index contributed by atoms with van der Waals surface area (Å²) in [6.45, 7) is 2.91. The summed E-state index contributed by atoms with van der Waals surface area (Å²) >= 11 is 0. The first-order valence-electron chi connectivity index (χ1n) is 6.32. The van der Waals surface area contributed by atoms with Crippen molar-refractivity contribution in [3.63, 3.8) is 0 Å². The van der Waals surface area contributed by atoms with Crippen LogP contribution in [0.3, 0.4) is 0 Å². The second-order valence-corrected chi connectivity index (χ2v) is 4.60. The zero-order valence-electron chi connectivity index (χ0n) is 11.6. The Hall–Kier alpha value is -2.50. The number of nitrogens with two attached hydrogens (primary N) is 1. The molecule has 0 aliphatic rings. The number of H-pyrrole nitrogens is 1. The highest BCUT2D eigenvalue weighted by atomic mass is 16.5. The van der Waals surface area contributed by atoms with Gasteiger partial charge in [0, 0.05) is 13.1 Å². The molecule has 1 aromatic heterocycles. The number of nitrogens with zero attached hydrogens (tertiary/aromatic N) is 2. The number of nitrogen functional groups attached to an aromatic ring is 1. The van der Waals surface area contributed by atoms with Crippen molar-refractivity contribution in [2.45, 2.75) is 6.92 Å². The molecule has 2 rings (SSSR count). The average Bonchev–Trinajstić information content (AvgIpc) is 2.84. The van der Waals surface area contributed by atoms with Crippen LogP contribution in [0.5, 0.6) is 5.75 Å². The smallest absolute Gasteiger partial charge is 0.271 e. The topological polar surface area (TPSA) is 84.2 Å². The summed E-state index contributed by atoms with van der Waals surface area (Å²) in [5.41, 5.74) is 6.98. The second kappa shape index (κ2) is 6.10. The fraction of sp³-hybridized carbons (Fsp3) is 0.286. The zero-order chi connectivity index (χ0) is 14.5. The van der Waals surface area contributed by atoms with E-state index >= 15 is 0 Å². The normalized spacial score (nSPS) is 10.3. The largest absolute Gasteiger partial charge is 0.492 e. The number of amides is 1. The van der Waals surface area contributed by atoms with Gasteiger partial charge in [-0.3, -0.25) is 9.89 Å². The number of carbonyl (C=O) groups excluding carboxylic acids is 1. The summed E-state index contributed by atoms with van der Waals surface area (Å²) in [6.07, 6.45) is 0. The summed E-state index contributed by atoms with van der Waals surface area (Å²) in [5, 5.41) is 6.33. The number of carbonyl (C=O) groups is 1. The zero-order valence-corrected chi connectivity index (χ0v) is 11.6. The molecule has 0 saturated carbocycles. The molecule has 106 valence electrons. The lowest BCUT2D eigenvalue weighted by Gasteiger charge is -2.16. The van der Waals surface area contributed by atoms with Crippen molar-refractivity contribution in [2.75, 3.05) is 25.9 Å². The van der Waals surface area contributed by atoms with E-state index in [0.717, 1.165) is 11.3 Å². The highest BCUT2D eigenvalue weighted by molar-refractivity contribution is 5.92. The number of ether oxygens (including phenoxy) is 1. The quantitative estimate of drug-likeness (QED) is 0.864. The highest BCUT2D eigenvalue weighted by Crippen LogP contribution is 2.12. The first-order valence-corrected chi connectivity index (χ1v) is 6.32. The molecule has 0 unspecified atom stereocenters. The molecule has 0 radical (unpaired) electrons. The van der Waals surface area contributed by atoms with Crippen molar-refractivity contribution in [3.8, 4) is 5.75 Å². The van der Waals surface area contributed by atoms with Crippen LogP contribution in [-0.4, -0.2) is 41.2 Å². The third-order valence-electron chi connectivity index (χ3n) is 2.86. The van der Waals surface area contributed by atoms with Crippen molar-refractivity contribution in [1.29, 1.82) is 0 Å². The summed E-state index contributed by atoms with van der Waals surface area (Å²) in [4.78, 5) is 13.6. The van der Waals surface area contributed by atoms with Gasteiger partial charge in [0.2, 0.25) is 0 Å². The highest BCUT2D eigenvalue weighted by Gasteiger charge is 2.13. The maximum Gasteiger partial charge on any atom is 0.271 e. The number of benzene rings is 1. The van der Waals surface area contributed by atoms with Crippen LogP contribution in [0.2, 0.25) is 0 Å². The van der Waals surface area contributed by atoms with Crippen LogP contribution in [0.1, 0.15) is 16.1 Å². The van der Waals surface area contributed by atoms with Crippen LogP contribution < -0.4 is 10.5 Å². The Morgan fingerprint density at radius 1 is 1.45 bits per heavy atom. The minimum Gasteiger partial charge on any atom is -0.492 e. The molecule has 0 saturated heterocycles. The van der Waals surface area contributed by atoms with E-state index in [4.69, 9.17) is 10.5 Å². The Morgan fingerprint density at radius 3 is 2.90 bits per heavy atom. The maximum atomic E-state index is 12.0. The number of likely N-dealkylation sites (N-methyl/N-ethyl adjacent to an activating group) is 1. The van der Waals surface area contributed by atoms with Gasteiger partial charge >= 0.3 is 0 Å². The van der Waals surface area contributed by atoms with Gasteiger partial charge in [-0.1, -0.05) is 12.1 Å². The number of hydrogen-bond donors (Lipinski definition) is 2. The van der Waals surface area contributed by atoms with Gasteiger partial charge in [-0.25, -0.2) is 0 Å². The number of hydrogen-bond acceptors (Lipinski definition) is 4. The van der Waals surface area contributed by atoms with Crippen LogP contribution >= 0.6 is 0 Å². The van der Waals surface area contributed by atoms with Crippen molar-refractivity contribution in [2.24, 2.45) is 0 Å². The van der Waals surface area contributed by atoms with E-state index in [0.29, 0.717) is 24.7 Å². The van der Waals surface area contributed by atoms with Gasteiger partial charge in [0.15, 0.2) is 0 Å². The van der Waals surface area contributed by atoms with Gasteiger partial charge < -0.3 is 15.4 Å². The predicted octanol–water partition coefficient (Wildman–Crippen LogP) is 1.45. The first kappa shape index (κ1) is 13.9. The van der Waals surface area contributed by atoms with Crippen LogP contribution in [0, 0.1) is 6.92 Å². The standard InChI is InChI=1S/C14H18N4O2/c1-10-4-3-5-11(8-10)20-7-6-18(2)14(19)12-9-13(15)17-16-12/h3-5,8-9H,6-7H2,1-2H3,(H3,15,16,17). The van der Waals surface area contributed by atoms with E-state index in [1.807, 2.05) is 31.2 Å². The summed E-state index contributed by atoms with van der Waals surface area (Å²) in [7, 11) is 1.71. The van der Waals surface area contributed by atoms with E-state index in [9.17, 15) is 4.79 Å². The fourth-order valence-electron chi connectivity index (χ4n) is 1.76. The van der Waals surface area contributed by atoms with Crippen LogP contribution in [0.4, 0.5) is 5.82 Å². The van der Waals surface area contributed by atoms with E-state index in [1.165, 1.54) is 6.07 Å². The number of aryl methyl sites for hydroxylation is 1. The predicted molar refractivity (Wildman–Crippen MR) is 76.6 cm³/mol. The maximum absolute atomic E-state index is 12.0. The molecule has 6 heteroatoms. The second-order valence-electron chi connectivity index (χ2n) is 4.60. The Morgan fingerprint density at radius 2 is 2.25 bits per heavy atom. The average molecular weight is 274 g/mol. The molecule has 0 atom stereocenters. The minimum absolute atomic E-state index is 0.165. The Kier molecular flexibility index (Phi) is 4.24. The molecule has 20 heavy (non-hydrogen) atoms. The number of rotatable bonds is 5. The van der Waals surface area contributed by atoms with Crippen LogP contribution in [-0.2, 0) is 0 Å². The molecule has 0 aliphatic heterocycles. The molecule has 0 spiro atoms. The van der Waals surface area contributed by atoms with Crippen LogP contribution in [0.15, 0.2) is 30.3 Å². The number of nitrogens with one attached hydrogen (secondary N) is 1. The summed E-state index contributed by atoms with van der Waals surface area (Å²) < 4.78 is 5.60. The number of aromatic amines is 1. The van der Waals surface area contributed by atoms with Gasteiger partial charge in [0.1, 0.15) is 23.9 Å². The monoisotopic (exact) mass is 274 g/mol. The molecule has 0 bridgehead atoms. The van der Waals surface area contributed by atoms with Gasteiger partial charge in [-0.15, -0.1) is 0 Å². The Bertz CT molecular complexity index is 594. The molecule has 1 aromatic carbocycles. The van der Waals surface area contributed by atoms with E-state index in [-0.39, 0.29) is 5.91 Å². The van der Waals surface area contributed by atoms with Gasteiger partial charge in [0.05, 0.1) is 6.54 Å². The Balaban J connectivity index is 1.83. The van der Waals surface area contributed by atoms with Crippen molar-refractivity contribution in [3.05, 3.63) is 41.6 Å². The lowest BCUT2D eigenvalue weighted by molar-refractivity contribution is 0.0768.